The standard InChI is InChI=1S/C15H15NO8/c1-7(13(19)20)16-6-15(8-2-4-9(17)5-3-8)23-10(12(16)18)11(24-15)14(21)22/h2-5,7,10-11,17H,6H2,1H3,(H,19,20)(H,21,22). The molecule has 2 saturated heterocycles. The van der Waals surface area contributed by atoms with E-state index in [-0.39, 0.29) is 12.3 Å². The lowest BCUT2D eigenvalue weighted by Crippen LogP contribution is -2.58. The first kappa shape index (κ1) is 16.2. The van der Waals surface area contributed by atoms with Crippen molar-refractivity contribution in [1.82, 2.24) is 4.90 Å². The van der Waals surface area contributed by atoms with E-state index in [0.717, 1.165) is 4.90 Å². The van der Waals surface area contributed by atoms with Gasteiger partial charge in [0.15, 0.2) is 12.2 Å². The summed E-state index contributed by atoms with van der Waals surface area (Å²) in [4.78, 5) is 36.1. The molecule has 2 bridgehead atoms. The molecular formula is C15H15NO8. The van der Waals surface area contributed by atoms with Gasteiger partial charge in [-0.1, -0.05) is 0 Å². The van der Waals surface area contributed by atoms with Gasteiger partial charge in [-0.05, 0) is 31.2 Å². The predicted octanol–water partition coefficient (Wildman–Crippen LogP) is -0.271. The number of morpholine rings is 1. The van der Waals surface area contributed by atoms with Gasteiger partial charge in [0.05, 0.1) is 6.54 Å². The largest absolute Gasteiger partial charge is 0.508 e. The van der Waals surface area contributed by atoms with Crippen LogP contribution in [0, 0.1) is 0 Å². The van der Waals surface area contributed by atoms with Crippen LogP contribution in [0.2, 0.25) is 0 Å². The monoisotopic (exact) mass is 337 g/mol. The summed E-state index contributed by atoms with van der Waals surface area (Å²) in [6.45, 7) is 1.05. The molecule has 0 saturated carbocycles. The highest BCUT2D eigenvalue weighted by Crippen LogP contribution is 2.43. The molecular weight excluding hydrogens is 322 g/mol. The maximum atomic E-state index is 12.4. The summed E-state index contributed by atoms with van der Waals surface area (Å²) in [6, 6.07) is 4.49. The summed E-state index contributed by atoms with van der Waals surface area (Å²) < 4.78 is 11.1. The van der Waals surface area contributed by atoms with Gasteiger partial charge >= 0.3 is 11.9 Å². The van der Waals surface area contributed by atoms with E-state index in [4.69, 9.17) is 9.47 Å². The summed E-state index contributed by atoms with van der Waals surface area (Å²) in [5.41, 5.74) is 0.379. The minimum absolute atomic E-state index is 0.0119. The van der Waals surface area contributed by atoms with E-state index < -0.39 is 41.9 Å². The van der Waals surface area contributed by atoms with Crippen LogP contribution in [0.25, 0.3) is 0 Å². The third-order valence-corrected chi connectivity index (χ3v) is 4.19. The average molecular weight is 337 g/mol. The first-order chi connectivity index (χ1) is 11.2. The van der Waals surface area contributed by atoms with E-state index in [9.17, 15) is 29.7 Å². The Bertz CT molecular complexity index is 702. The lowest BCUT2D eigenvalue weighted by Gasteiger charge is -2.39. The predicted molar refractivity (Wildman–Crippen MR) is 76.0 cm³/mol. The van der Waals surface area contributed by atoms with Gasteiger partial charge in [0.25, 0.3) is 5.91 Å². The third kappa shape index (κ3) is 2.38. The zero-order valence-electron chi connectivity index (χ0n) is 12.6. The second-order valence-electron chi connectivity index (χ2n) is 5.70. The molecule has 3 rings (SSSR count). The van der Waals surface area contributed by atoms with Crippen molar-refractivity contribution in [2.75, 3.05) is 6.54 Å². The van der Waals surface area contributed by atoms with Gasteiger partial charge in [-0.25, -0.2) is 9.59 Å². The Labute approximate surface area is 136 Å². The summed E-state index contributed by atoms with van der Waals surface area (Å²) >= 11 is 0. The highest BCUT2D eigenvalue weighted by atomic mass is 16.8. The molecule has 2 aliphatic rings. The van der Waals surface area contributed by atoms with E-state index in [2.05, 4.69) is 0 Å². The fourth-order valence-corrected chi connectivity index (χ4v) is 2.87. The Hall–Kier alpha value is -2.65. The quantitative estimate of drug-likeness (QED) is 0.683. The molecule has 24 heavy (non-hydrogen) atoms. The van der Waals surface area contributed by atoms with Gasteiger partial charge in [-0.2, -0.15) is 0 Å². The Morgan fingerprint density at radius 2 is 1.88 bits per heavy atom. The molecule has 3 N–H and O–H groups in total. The number of phenols is 1. The second kappa shape index (κ2) is 5.46. The molecule has 2 fully saturated rings. The number of benzene rings is 1. The molecule has 2 aliphatic heterocycles. The number of fused-ring (bicyclic) bond motifs is 2. The van der Waals surface area contributed by atoms with Gasteiger partial charge in [0, 0.05) is 5.56 Å². The smallest absolute Gasteiger partial charge is 0.336 e. The molecule has 1 aromatic carbocycles. The molecule has 0 aromatic heterocycles. The molecule has 4 atom stereocenters. The van der Waals surface area contributed by atoms with Crippen molar-refractivity contribution < 1.29 is 39.2 Å². The van der Waals surface area contributed by atoms with Crippen molar-refractivity contribution in [3.8, 4) is 5.75 Å². The van der Waals surface area contributed by atoms with E-state index in [1.54, 1.807) is 0 Å². The number of aliphatic carboxylic acids is 2. The van der Waals surface area contributed by atoms with Crippen LogP contribution in [0.15, 0.2) is 24.3 Å². The van der Waals surface area contributed by atoms with Crippen LogP contribution in [0.3, 0.4) is 0 Å². The molecule has 9 nitrogen and oxygen atoms in total. The van der Waals surface area contributed by atoms with Crippen LogP contribution >= 0.6 is 0 Å². The number of nitrogens with zero attached hydrogens (tertiary/aromatic N) is 1. The normalized spacial score (nSPS) is 30.2. The number of hydrogen-bond donors (Lipinski definition) is 3. The van der Waals surface area contributed by atoms with Crippen molar-refractivity contribution in [3.05, 3.63) is 29.8 Å². The molecule has 1 amide bonds. The molecule has 1 aromatic rings. The Morgan fingerprint density at radius 1 is 1.25 bits per heavy atom. The summed E-state index contributed by atoms with van der Waals surface area (Å²) in [7, 11) is 0. The number of phenolic OH excluding ortho intramolecular Hbond substituents is 1. The third-order valence-electron chi connectivity index (χ3n) is 4.19. The average Bonchev–Trinajstić information content (AvgIpc) is 2.87. The van der Waals surface area contributed by atoms with Crippen molar-refractivity contribution in [3.63, 3.8) is 0 Å². The number of ether oxygens (including phenoxy) is 2. The summed E-state index contributed by atoms with van der Waals surface area (Å²) in [5, 5.41) is 27.9. The maximum Gasteiger partial charge on any atom is 0.336 e. The van der Waals surface area contributed by atoms with E-state index in [0.29, 0.717) is 5.56 Å². The van der Waals surface area contributed by atoms with E-state index >= 15 is 0 Å². The Kier molecular flexibility index (Phi) is 3.69. The fourth-order valence-electron chi connectivity index (χ4n) is 2.87. The van der Waals surface area contributed by atoms with Crippen LogP contribution in [-0.4, -0.2) is 62.9 Å². The lowest BCUT2D eigenvalue weighted by molar-refractivity contribution is -0.222. The van der Waals surface area contributed by atoms with Crippen LogP contribution in [0.5, 0.6) is 5.75 Å². The number of hydrogen-bond acceptors (Lipinski definition) is 6. The lowest BCUT2D eigenvalue weighted by atomic mass is 10.0. The van der Waals surface area contributed by atoms with Crippen LogP contribution in [0.4, 0.5) is 0 Å². The van der Waals surface area contributed by atoms with Crippen LogP contribution in [-0.2, 0) is 29.6 Å². The van der Waals surface area contributed by atoms with E-state index in [1.165, 1.54) is 31.2 Å². The van der Waals surface area contributed by atoms with Gasteiger partial charge in [-0.3, -0.25) is 4.79 Å². The highest BCUT2D eigenvalue weighted by Gasteiger charge is 2.61. The van der Waals surface area contributed by atoms with Gasteiger partial charge < -0.3 is 29.7 Å². The molecule has 128 valence electrons. The zero-order chi connectivity index (χ0) is 17.6. The minimum Gasteiger partial charge on any atom is -0.508 e. The number of carbonyl (C=O) groups is 3. The maximum absolute atomic E-state index is 12.4. The van der Waals surface area contributed by atoms with Crippen LogP contribution in [0.1, 0.15) is 12.5 Å². The number of rotatable bonds is 4. The highest BCUT2D eigenvalue weighted by molar-refractivity contribution is 5.92. The molecule has 4 unspecified atom stereocenters. The van der Waals surface area contributed by atoms with Gasteiger partial charge in [0.2, 0.25) is 5.79 Å². The molecule has 2 heterocycles. The zero-order valence-corrected chi connectivity index (χ0v) is 12.6. The Morgan fingerprint density at radius 3 is 2.42 bits per heavy atom. The van der Waals surface area contributed by atoms with Crippen LogP contribution < -0.4 is 0 Å². The summed E-state index contributed by atoms with van der Waals surface area (Å²) in [5.74, 6) is -4.96. The number of carbonyl (C=O) groups excluding carboxylic acids is 1. The second-order valence-corrected chi connectivity index (χ2v) is 5.70. The number of amides is 1. The first-order valence-electron chi connectivity index (χ1n) is 7.16. The minimum atomic E-state index is -1.60. The van der Waals surface area contributed by atoms with E-state index in [1.807, 2.05) is 0 Å². The number of carboxylic acids is 2. The fraction of sp³-hybridized carbons (Fsp3) is 0.400. The Balaban J connectivity index is 2.04. The van der Waals surface area contributed by atoms with Crippen molar-refractivity contribution >= 4 is 17.8 Å². The van der Waals surface area contributed by atoms with Gasteiger partial charge in [0.1, 0.15) is 11.8 Å². The van der Waals surface area contributed by atoms with Crippen molar-refractivity contribution in [2.24, 2.45) is 0 Å². The molecule has 0 radical (unpaired) electrons. The SMILES string of the molecule is CC(C(=O)O)N1CC2(c3ccc(O)cc3)OC(C(=O)O)C(O2)C1=O. The number of aromatic hydroxyl groups is 1. The van der Waals surface area contributed by atoms with Gasteiger partial charge in [-0.15, -0.1) is 0 Å². The number of carboxylic acid groups (broad SMARTS) is 2. The topological polar surface area (TPSA) is 134 Å². The molecule has 0 spiro atoms. The molecule has 9 heteroatoms. The summed E-state index contributed by atoms with van der Waals surface area (Å²) in [6.07, 6.45) is -2.98. The first-order valence-corrected chi connectivity index (χ1v) is 7.16. The van der Waals surface area contributed by atoms with Crippen molar-refractivity contribution in [2.45, 2.75) is 31.0 Å². The molecule has 0 aliphatic carbocycles. The van der Waals surface area contributed by atoms with Crippen molar-refractivity contribution in [1.29, 1.82) is 0 Å².